The van der Waals surface area contributed by atoms with Gasteiger partial charge in [-0.15, -0.1) is 0 Å². The number of pyridine rings is 1. The third kappa shape index (κ3) is 6.71. The minimum absolute atomic E-state index is 0.111. The number of unbranched alkanes of at least 4 members (excludes halogenated alkanes) is 1. The number of nitrogens with one attached hydrogen (secondary N) is 2. The predicted octanol–water partition coefficient (Wildman–Crippen LogP) is 4.62. The van der Waals surface area contributed by atoms with Crippen LogP contribution in [0.2, 0.25) is 5.02 Å². The fourth-order valence-electron chi connectivity index (χ4n) is 3.64. The van der Waals surface area contributed by atoms with Crippen LogP contribution in [0, 0.1) is 5.92 Å². The number of urea groups is 1. The Morgan fingerprint density at radius 3 is 2.46 bits per heavy atom. The second-order valence-corrected chi connectivity index (χ2v) is 7.80. The van der Waals surface area contributed by atoms with Gasteiger partial charge in [0.2, 0.25) is 0 Å². The van der Waals surface area contributed by atoms with Gasteiger partial charge in [0.05, 0.1) is 0 Å². The lowest BCUT2D eigenvalue weighted by Crippen LogP contribution is -2.35. The highest BCUT2D eigenvalue weighted by atomic mass is 35.5. The highest BCUT2D eigenvalue weighted by molar-refractivity contribution is 6.30. The van der Waals surface area contributed by atoms with Gasteiger partial charge in [0, 0.05) is 49.3 Å². The van der Waals surface area contributed by atoms with E-state index in [1.165, 1.54) is 24.9 Å². The lowest BCUT2D eigenvalue weighted by molar-refractivity contribution is 0.240. The molecule has 2 heterocycles. The van der Waals surface area contributed by atoms with E-state index in [4.69, 9.17) is 11.6 Å². The van der Waals surface area contributed by atoms with E-state index >= 15 is 0 Å². The second-order valence-electron chi connectivity index (χ2n) is 7.37. The number of piperidine rings is 1. The molecule has 0 aliphatic carbocycles. The summed E-state index contributed by atoms with van der Waals surface area (Å²) in [6, 6.07) is 11.6. The summed E-state index contributed by atoms with van der Waals surface area (Å²) >= 11 is 5.86. The average molecular weight is 401 g/mol. The molecule has 3 rings (SSSR count). The van der Waals surface area contributed by atoms with Gasteiger partial charge in [-0.05, 0) is 55.0 Å². The summed E-state index contributed by atoms with van der Waals surface area (Å²) in [4.78, 5) is 18.4. The van der Waals surface area contributed by atoms with Crippen molar-refractivity contribution in [2.75, 3.05) is 24.5 Å². The Bertz CT molecular complexity index is 715. The van der Waals surface area contributed by atoms with Crippen LogP contribution in [-0.4, -0.2) is 30.6 Å². The number of hydrogen-bond donors (Lipinski definition) is 2. The van der Waals surface area contributed by atoms with Crippen molar-refractivity contribution in [3.05, 3.63) is 59.4 Å². The Morgan fingerprint density at radius 1 is 1.04 bits per heavy atom. The Morgan fingerprint density at radius 2 is 1.75 bits per heavy atom. The van der Waals surface area contributed by atoms with Gasteiger partial charge in [-0.2, -0.15) is 0 Å². The molecule has 0 spiro atoms. The first-order chi connectivity index (χ1) is 13.7. The second kappa shape index (κ2) is 10.9. The van der Waals surface area contributed by atoms with E-state index < -0.39 is 0 Å². The van der Waals surface area contributed by atoms with Crippen LogP contribution in [0.5, 0.6) is 0 Å². The molecule has 1 aliphatic rings. The first-order valence-electron chi connectivity index (χ1n) is 10.1. The van der Waals surface area contributed by atoms with Crippen molar-refractivity contribution in [1.82, 2.24) is 15.6 Å². The summed E-state index contributed by atoms with van der Waals surface area (Å²) in [5.41, 5.74) is 2.32. The molecular formula is C22H29ClN4O. The van der Waals surface area contributed by atoms with Crippen LogP contribution >= 0.6 is 11.6 Å². The lowest BCUT2D eigenvalue weighted by Gasteiger charge is -2.33. The molecule has 1 aliphatic heterocycles. The van der Waals surface area contributed by atoms with E-state index in [9.17, 15) is 4.79 Å². The van der Waals surface area contributed by atoms with E-state index in [0.717, 1.165) is 44.0 Å². The molecule has 0 saturated carbocycles. The molecule has 5 nitrogen and oxygen atoms in total. The van der Waals surface area contributed by atoms with E-state index in [2.05, 4.69) is 32.7 Å². The third-order valence-corrected chi connectivity index (χ3v) is 5.59. The molecule has 2 amide bonds. The highest BCUT2D eigenvalue weighted by Crippen LogP contribution is 2.25. The molecule has 0 atom stereocenters. The number of amides is 2. The minimum Gasteiger partial charge on any atom is -0.371 e. The number of carbonyl (C=O) groups is 1. The molecule has 6 heteroatoms. The zero-order valence-electron chi connectivity index (χ0n) is 16.2. The Balaban J connectivity index is 1.22. The first kappa shape index (κ1) is 20.5. The maximum absolute atomic E-state index is 11.9. The first-order valence-corrected chi connectivity index (χ1v) is 10.5. The molecule has 1 aromatic carbocycles. The van der Waals surface area contributed by atoms with Crippen LogP contribution in [-0.2, 0) is 6.54 Å². The molecule has 0 bridgehead atoms. The molecule has 0 unspecified atom stereocenters. The van der Waals surface area contributed by atoms with Crippen molar-refractivity contribution in [3.8, 4) is 0 Å². The van der Waals surface area contributed by atoms with Crippen LogP contribution in [0.3, 0.4) is 0 Å². The van der Waals surface area contributed by atoms with Crippen molar-refractivity contribution < 1.29 is 4.79 Å². The SMILES string of the molecule is O=C(NCCCCC1CCN(c2ccncc2)CC1)NCc1ccc(Cl)cc1. The van der Waals surface area contributed by atoms with E-state index in [0.29, 0.717) is 11.6 Å². The van der Waals surface area contributed by atoms with Crippen molar-refractivity contribution in [1.29, 1.82) is 0 Å². The number of nitrogens with zero attached hydrogens (tertiary/aromatic N) is 2. The molecule has 1 saturated heterocycles. The van der Waals surface area contributed by atoms with Gasteiger partial charge in [-0.3, -0.25) is 4.98 Å². The lowest BCUT2D eigenvalue weighted by atomic mass is 9.91. The molecule has 150 valence electrons. The van der Waals surface area contributed by atoms with Gasteiger partial charge in [0.1, 0.15) is 0 Å². The maximum Gasteiger partial charge on any atom is 0.315 e. The smallest absolute Gasteiger partial charge is 0.315 e. The van der Waals surface area contributed by atoms with Gasteiger partial charge in [-0.25, -0.2) is 4.79 Å². The standard InChI is InChI=1S/C22H29ClN4O/c23-20-6-4-19(5-7-20)17-26-22(28)25-12-2-1-3-18-10-15-27(16-11-18)21-8-13-24-14-9-21/h4-9,13-14,18H,1-3,10-12,15-17H2,(H2,25,26,28). The maximum atomic E-state index is 11.9. The summed E-state index contributed by atoms with van der Waals surface area (Å²) in [6.07, 6.45) is 9.66. The monoisotopic (exact) mass is 400 g/mol. The number of anilines is 1. The Hall–Kier alpha value is -2.27. The van der Waals surface area contributed by atoms with Gasteiger partial charge in [-0.1, -0.05) is 36.6 Å². The number of aromatic nitrogens is 1. The molecular weight excluding hydrogens is 372 g/mol. The largest absolute Gasteiger partial charge is 0.371 e. The molecule has 1 fully saturated rings. The summed E-state index contributed by atoms with van der Waals surface area (Å²) in [5, 5.41) is 6.52. The molecule has 2 N–H and O–H groups in total. The van der Waals surface area contributed by atoms with Crippen molar-refractivity contribution in [2.24, 2.45) is 5.92 Å². The quantitative estimate of drug-likeness (QED) is 0.635. The van der Waals surface area contributed by atoms with Gasteiger partial charge < -0.3 is 15.5 Å². The molecule has 0 radical (unpaired) electrons. The number of hydrogen-bond acceptors (Lipinski definition) is 3. The minimum atomic E-state index is -0.111. The van der Waals surface area contributed by atoms with Crippen LogP contribution in [0.4, 0.5) is 10.5 Å². The van der Waals surface area contributed by atoms with Crippen LogP contribution in [0.25, 0.3) is 0 Å². The normalized spacial score (nSPS) is 14.7. The Labute approximate surface area is 172 Å². The Kier molecular flexibility index (Phi) is 7.97. The van der Waals surface area contributed by atoms with Crippen LogP contribution < -0.4 is 15.5 Å². The number of halogens is 1. The van der Waals surface area contributed by atoms with Gasteiger partial charge in [0.15, 0.2) is 0 Å². The molecule has 1 aromatic heterocycles. The van der Waals surface area contributed by atoms with Crippen molar-refractivity contribution in [2.45, 2.75) is 38.6 Å². The molecule has 2 aromatic rings. The van der Waals surface area contributed by atoms with E-state index in [-0.39, 0.29) is 6.03 Å². The van der Waals surface area contributed by atoms with Gasteiger partial charge >= 0.3 is 6.03 Å². The van der Waals surface area contributed by atoms with Crippen LogP contribution in [0.1, 0.15) is 37.7 Å². The topological polar surface area (TPSA) is 57.3 Å². The number of carbonyl (C=O) groups excluding carboxylic acids is 1. The summed E-state index contributed by atoms with van der Waals surface area (Å²) < 4.78 is 0. The fraction of sp³-hybridized carbons (Fsp3) is 0.455. The van der Waals surface area contributed by atoms with Crippen LogP contribution in [0.15, 0.2) is 48.8 Å². The van der Waals surface area contributed by atoms with E-state index in [1.54, 1.807) is 0 Å². The highest BCUT2D eigenvalue weighted by Gasteiger charge is 2.18. The number of benzene rings is 1. The van der Waals surface area contributed by atoms with E-state index in [1.807, 2.05) is 36.7 Å². The zero-order chi connectivity index (χ0) is 19.6. The van der Waals surface area contributed by atoms with Crippen molar-refractivity contribution in [3.63, 3.8) is 0 Å². The van der Waals surface area contributed by atoms with Gasteiger partial charge in [0.25, 0.3) is 0 Å². The zero-order valence-corrected chi connectivity index (χ0v) is 17.0. The van der Waals surface area contributed by atoms with Crippen molar-refractivity contribution >= 4 is 23.3 Å². The third-order valence-electron chi connectivity index (χ3n) is 5.33. The summed E-state index contributed by atoms with van der Waals surface area (Å²) in [7, 11) is 0. The summed E-state index contributed by atoms with van der Waals surface area (Å²) in [6.45, 7) is 3.49. The predicted molar refractivity (Wildman–Crippen MR) is 115 cm³/mol. The fourth-order valence-corrected chi connectivity index (χ4v) is 3.77. The average Bonchev–Trinajstić information content (AvgIpc) is 2.74. The molecule has 28 heavy (non-hydrogen) atoms. The summed E-state index contributed by atoms with van der Waals surface area (Å²) in [5.74, 6) is 0.803. The number of rotatable bonds is 8.